The number of nitrogens with one attached hydrogen (secondary N) is 1. The summed E-state index contributed by atoms with van der Waals surface area (Å²) >= 11 is 9.56. The lowest BCUT2D eigenvalue weighted by molar-refractivity contribution is 0.0689. The van der Waals surface area contributed by atoms with Crippen LogP contribution in [0, 0.1) is 6.92 Å². The van der Waals surface area contributed by atoms with E-state index in [-0.39, 0.29) is 11.7 Å². The van der Waals surface area contributed by atoms with Crippen molar-refractivity contribution in [1.29, 1.82) is 0 Å². The molecule has 3 aromatic heterocycles. The Kier molecular flexibility index (Phi) is 6.31. The fraction of sp³-hybridized carbons (Fsp3) is 0.273. The number of carbonyl (C=O) groups is 1. The molecule has 0 amide bonds. The molecule has 0 spiro atoms. The third-order valence-corrected chi connectivity index (χ3v) is 6.08. The first-order chi connectivity index (χ1) is 15.7. The predicted octanol–water partition coefficient (Wildman–Crippen LogP) is 5.14. The molecular formula is C22H22BrClN6O3. The van der Waals surface area contributed by atoms with E-state index in [0.717, 1.165) is 5.56 Å². The van der Waals surface area contributed by atoms with E-state index < -0.39 is 12.0 Å². The van der Waals surface area contributed by atoms with Crippen molar-refractivity contribution in [1.82, 2.24) is 24.1 Å². The molecular weight excluding hydrogens is 512 g/mol. The number of imidazole rings is 1. The largest absolute Gasteiger partial charge is 0.493 e. The van der Waals surface area contributed by atoms with E-state index in [4.69, 9.17) is 16.3 Å². The summed E-state index contributed by atoms with van der Waals surface area (Å²) in [7, 11) is 1.56. The SMILES string of the molecule is COc1cc(NC(c2ccc(Cl)cc2)c2c(C(=O)O)nc(Br)n2C(C)C)cn2c(C)nnc12. The Morgan fingerprint density at radius 3 is 2.55 bits per heavy atom. The highest BCUT2D eigenvalue weighted by Crippen LogP contribution is 2.35. The Balaban J connectivity index is 1.94. The number of benzene rings is 1. The second kappa shape index (κ2) is 9.03. The minimum Gasteiger partial charge on any atom is -0.493 e. The van der Waals surface area contributed by atoms with Crippen LogP contribution in [0.3, 0.4) is 0 Å². The maximum Gasteiger partial charge on any atom is 0.356 e. The van der Waals surface area contributed by atoms with Crippen LogP contribution in [0.5, 0.6) is 5.75 Å². The number of pyridine rings is 1. The number of hydrogen-bond donors (Lipinski definition) is 2. The number of hydrogen-bond acceptors (Lipinski definition) is 6. The van der Waals surface area contributed by atoms with Gasteiger partial charge in [0.25, 0.3) is 0 Å². The molecule has 0 radical (unpaired) electrons. The van der Waals surface area contributed by atoms with E-state index in [2.05, 4.69) is 36.4 Å². The monoisotopic (exact) mass is 532 g/mol. The van der Waals surface area contributed by atoms with Crippen molar-refractivity contribution in [3.8, 4) is 5.75 Å². The molecule has 0 bridgehead atoms. The Labute approximate surface area is 203 Å². The molecule has 33 heavy (non-hydrogen) atoms. The number of fused-ring (bicyclic) bond motifs is 1. The molecule has 1 atom stereocenters. The maximum absolute atomic E-state index is 12.2. The third kappa shape index (κ3) is 4.28. The van der Waals surface area contributed by atoms with Gasteiger partial charge in [-0.15, -0.1) is 10.2 Å². The van der Waals surface area contributed by atoms with Crippen molar-refractivity contribution in [2.24, 2.45) is 0 Å². The van der Waals surface area contributed by atoms with Crippen molar-refractivity contribution in [2.45, 2.75) is 32.9 Å². The molecule has 0 aliphatic heterocycles. The summed E-state index contributed by atoms with van der Waals surface area (Å²) in [5.74, 6) is 0.109. The molecule has 4 rings (SSSR count). The number of aromatic nitrogens is 5. The number of halogens is 2. The molecule has 2 N–H and O–H groups in total. The molecule has 0 aliphatic rings. The van der Waals surface area contributed by atoms with Gasteiger partial charge in [0.1, 0.15) is 5.82 Å². The van der Waals surface area contributed by atoms with Gasteiger partial charge in [0, 0.05) is 23.3 Å². The van der Waals surface area contributed by atoms with Gasteiger partial charge >= 0.3 is 5.97 Å². The van der Waals surface area contributed by atoms with E-state index in [1.54, 1.807) is 25.3 Å². The van der Waals surface area contributed by atoms with E-state index >= 15 is 0 Å². The molecule has 172 valence electrons. The lowest BCUT2D eigenvalue weighted by atomic mass is 10.0. The second-order valence-corrected chi connectivity index (χ2v) is 8.90. The highest BCUT2D eigenvalue weighted by atomic mass is 79.9. The Bertz CT molecular complexity index is 1330. The fourth-order valence-corrected chi connectivity index (χ4v) is 4.68. The molecule has 9 nitrogen and oxygen atoms in total. The van der Waals surface area contributed by atoms with Crippen LogP contribution >= 0.6 is 27.5 Å². The van der Waals surface area contributed by atoms with Crippen LogP contribution in [0.25, 0.3) is 5.65 Å². The van der Waals surface area contributed by atoms with Gasteiger partial charge in [0.2, 0.25) is 5.65 Å². The molecule has 3 heterocycles. The van der Waals surface area contributed by atoms with Crippen LogP contribution < -0.4 is 10.1 Å². The molecule has 4 aromatic rings. The highest BCUT2D eigenvalue weighted by Gasteiger charge is 2.30. The molecule has 0 saturated carbocycles. The van der Waals surface area contributed by atoms with Crippen molar-refractivity contribution >= 4 is 44.8 Å². The number of carboxylic acid groups (broad SMARTS) is 1. The van der Waals surface area contributed by atoms with Crippen molar-refractivity contribution in [3.63, 3.8) is 0 Å². The van der Waals surface area contributed by atoms with Gasteiger partial charge in [-0.2, -0.15) is 0 Å². The van der Waals surface area contributed by atoms with E-state index in [9.17, 15) is 9.90 Å². The summed E-state index contributed by atoms with van der Waals surface area (Å²) in [5, 5.41) is 22.3. The zero-order valence-electron chi connectivity index (χ0n) is 18.4. The van der Waals surface area contributed by atoms with Crippen LogP contribution in [0.4, 0.5) is 5.69 Å². The number of ether oxygens (including phenoxy) is 1. The predicted molar refractivity (Wildman–Crippen MR) is 128 cm³/mol. The smallest absolute Gasteiger partial charge is 0.356 e. The Morgan fingerprint density at radius 1 is 1.24 bits per heavy atom. The Hall–Kier alpha value is -3.11. The number of methoxy groups -OCH3 is 1. The van der Waals surface area contributed by atoms with Crippen molar-refractivity contribution < 1.29 is 14.6 Å². The van der Waals surface area contributed by atoms with E-state index in [1.807, 2.05) is 48.1 Å². The number of rotatable bonds is 7. The fourth-order valence-electron chi connectivity index (χ4n) is 3.78. The van der Waals surface area contributed by atoms with Crippen LogP contribution in [-0.2, 0) is 0 Å². The van der Waals surface area contributed by atoms with Gasteiger partial charge in [-0.25, -0.2) is 9.78 Å². The molecule has 1 unspecified atom stereocenters. The van der Waals surface area contributed by atoms with Gasteiger partial charge < -0.3 is 19.7 Å². The van der Waals surface area contributed by atoms with Crippen molar-refractivity contribution in [2.75, 3.05) is 12.4 Å². The zero-order chi connectivity index (χ0) is 23.9. The quantitative estimate of drug-likeness (QED) is 0.339. The van der Waals surface area contributed by atoms with Gasteiger partial charge in [-0.1, -0.05) is 23.7 Å². The van der Waals surface area contributed by atoms with E-state index in [1.165, 1.54) is 0 Å². The molecule has 0 saturated heterocycles. The third-order valence-electron chi connectivity index (χ3n) is 5.27. The first-order valence-electron chi connectivity index (χ1n) is 10.1. The lowest BCUT2D eigenvalue weighted by Gasteiger charge is -2.25. The number of aromatic carboxylic acids is 1. The van der Waals surface area contributed by atoms with Crippen LogP contribution in [-0.4, -0.2) is 42.3 Å². The summed E-state index contributed by atoms with van der Waals surface area (Å²) in [4.78, 5) is 16.4. The van der Waals surface area contributed by atoms with Gasteiger partial charge in [0.05, 0.1) is 24.5 Å². The van der Waals surface area contributed by atoms with Crippen molar-refractivity contribution in [3.05, 3.63) is 69.1 Å². The van der Waals surface area contributed by atoms with Crippen LogP contribution in [0.15, 0.2) is 41.3 Å². The zero-order valence-corrected chi connectivity index (χ0v) is 20.7. The topological polar surface area (TPSA) is 107 Å². The van der Waals surface area contributed by atoms with Crippen LogP contribution in [0.1, 0.15) is 53.5 Å². The van der Waals surface area contributed by atoms with Crippen LogP contribution in [0.2, 0.25) is 5.02 Å². The van der Waals surface area contributed by atoms with E-state index in [0.29, 0.717) is 38.4 Å². The molecule has 0 fully saturated rings. The number of aryl methyl sites for hydroxylation is 1. The standard InChI is InChI=1S/C22H22BrClN6O3/c1-11(2)30-19(18(21(31)32)26-22(30)23)17(13-5-7-14(24)8-6-13)25-15-9-16(33-4)20-28-27-12(3)29(20)10-15/h5-11,17,25H,1-4H3,(H,31,32). The number of nitrogens with zero attached hydrogens (tertiary/aromatic N) is 5. The van der Waals surface area contributed by atoms with Gasteiger partial charge in [0.15, 0.2) is 16.2 Å². The Morgan fingerprint density at radius 2 is 1.94 bits per heavy atom. The maximum atomic E-state index is 12.2. The summed E-state index contributed by atoms with van der Waals surface area (Å²) in [5.41, 5.74) is 2.55. The summed E-state index contributed by atoms with van der Waals surface area (Å²) < 4.78 is 9.63. The summed E-state index contributed by atoms with van der Waals surface area (Å²) in [6.07, 6.45) is 1.85. The first-order valence-corrected chi connectivity index (χ1v) is 11.3. The highest BCUT2D eigenvalue weighted by molar-refractivity contribution is 9.10. The number of carboxylic acids is 1. The molecule has 0 aliphatic carbocycles. The second-order valence-electron chi connectivity index (χ2n) is 7.75. The minimum absolute atomic E-state index is 0.0449. The summed E-state index contributed by atoms with van der Waals surface area (Å²) in [6.45, 7) is 5.78. The van der Waals surface area contributed by atoms with Gasteiger partial charge in [-0.3, -0.25) is 4.40 Å². The normalized spacial score (nSPS) is 12.3. The average Bonchev–Trinajstić information content (AvgIpc) is 3.32. The lowest BCUT2D eigenvalue weighted by Crippen LogP contribution is -2.21. The number of anilines is 1. The average molecular weight is 534 g/mol. The van der Waals surface area contributed by atoms with Gasteiger partial charge in [-0.05, 0) is 54.4 Å². The minimum atomic E-state index is -1.12. The molecule has 1 aromatic carbocycles. The first kappa shape index (κ1) is 23.1. The molecule has 11 heteroatoms. The summed E-state index contributed by atoms with van der Waals surface area (Å²) in [6, 6.07) is 8.44.